The Morgan fingerprint density at radius 2 is 1.91 bits per heavy atom. The van der Waals surface area contributed by atoms with Gasteiger partial charge in [-0.1, -0.05) is 42.5 Å². The second kappa shape index (κ2) is 9.42. The van der Waals surface area contributed by atoms with Crippen molar-refractivity contribution < 1.29 is 9.53 Å². The van der Waals surface area contributed by atoms with Crippen molar-refractivity contribution in [3.63, 3.8) is 0 Å². The molecule has 0 aliphatic carbocycles. The molecule has 2 aromatic rings. The molecule has 0 unspecified atom stereocenters. The number of piperidine rings is 1. The van der Waals surface area contributed by atoms with E-state index >= 15 is 0 Å². The third-order valence-electron chi connectivity index (χ3n) is 5.79. The normalized spacial score (nSPS) is 17.2. The van der Waals surface area contributed by atoms with Gasteiger partial charge in [-0.3, -0.25) is 4.79 Å². The lowest BCUT2D eigenvalue weighted by molar-refractivity contribution is -0.119. The molecule has 1 fully saturated rings. The number of para-hydroxylation sites is 1. The number of hydrazone groups is 1. The molecule has 1 spiro atoms. The summed E-state index contributed by atoms with van der Waals surface area (Å²) < 4.78 is 6.46. The first-order valence-electron chi connectivity index (χ1n) is 10.9. The van der Waals surface area contributed by atoms with Gasteiger partial charge >= 0.3 is 0 Å². The van der Waals surface area contributed by atoms with Crippen LogP contribution < -0.4 is 26.9 Å². The monoisotopic (exact) mass is 434 g/mol. The van der Waals surface area contributed by atoms with E-state index in [4.69, 9.17) is 16.3 Å². The molecule has 0 atom stereocenters. The minimum absolute atomic E-state index is 0.110. The smallest absolute Gasteiger partial charge is 0.216 e. The number of hydrogen-bond acceptors (Lipinski definition) is 6. The van der Waals surface area contributed by atoms with Crippen molar-refractivity contribution in [2.45, 2.75) is 25.4 Å². The summed E-state index contributed by atoms with van der Waals surface area (Å²) in [6, 6.07) is 16.2. The maximum atomic E-state index is 11.0. The van der Waals surface area contributed by atoms with Gasteiger partial charge in [-0.25, -0.2) is 11.0 Å². The highest BCUT2D eigenvalue weighted by Crippen LogP contribution is 2.42. The van der Waals surface area contributed by atoms with Crippen molar-refractivity contribution in [2.24, 2.45) is 16.7 Å². The molecular weight excluding hydrogens is 404 g/mol. The van der Waals surface area contributed by atoms with Gasteiger partial charge in [0.05, 0.1) is 6.54 Å². The Kier molecular flexibility index (Phi) is 6.43. The average molecular weight is 435 g/mol. The number of nitrogens with two attached hydrogens (primary N) is 2. The van der Waals surface area contributed by atoms with E-state index in [1.54, 1.807) is 0 Å². The zero-order valence-electron chi connectivity index (χ0n) is 18.3. The topological polar surface area (TPSA) is 118 Å². The van der Waals surface area contributed by atoms with Crippen LogP contribution in [0.3, 0.4) is 0 Å². The Hall–Kier alpha value is -3.36. The lowest BCUT2D eigenvalue weighted by Gasteiger charge is -2.40. The minimum atomic E-state index is -0.276. The summed E-state index contributed by atoms with van der Waals surface area (Å²) in [5.74, 6) is 7.00. The van der Waals surface area contributed by atoms with Gasteiger partial charge in [0.2, 0.25) is 5.91 Å². The Bertz CT molecular complexity index is 1030. The first-order chi connectivity index (χ1) is 15.5. The third kappa shape index (κ3) is 4.92. The largest absolute Gasteiger partial charge is 0.482 e. The van der Waals surface area contributed by atoms with Crippen LogP contribution in [0.25, 0.3) is 5.57 Å². The molecule has 2 aromatic carbocycles. The molecule has 0 bridgehead atoms. The Morgan fingerprint density at radius 3 is 2.62 bits per heavy atom. The molecule has 1 saturated heterocycles. The summed E-state index contributed by atoms with van der Waals surface area (Å²) in [6.45, 7) is 4.09. The van der Waals surface area contributed by atoms with Crippen molar-refractivity contribution in [2.75, 3.05) is 26.2 Å². The SMILES string of the molecule is CC(=O)NCCN(N)/N=C(\N)c1ccc(C2=CC3(CCNCC3)Oc3ccccc32)cc1. The van der Waals surface area contributed by atoms with Crippen LogP contribution in [-0.4, -0.2) is 48.6 Å². The predicted molar refractivity (Wildman–Crippen MR) is 126 cm³/mol. The summed E-state index contributed by atoms with van der Waals surface area (Å²) >= 11 is 0. The lowest BCUT2D eigenvalue weighted by atomic mass is 9.83. The molecule has 168 valence electrons. The Morgan fingerprint density at radius 1 is 1.19 bits per heavy atom. The van der Waals surface area contributed by atoms with Gasteiger partial charge in [0.1, 0.15) is 11.4 Å². The van der Waals surface area contributed by atoms with Crippen LogP contribution in [0, 0.1) is 0 Å². The van der Waals surface area contributed by atoms with Gasteiger partial charge in [0.25, 0.3) is 0 Å². The van der Waals surface area contributed by atoms with Gasteiger partial charge in [-0.05, 0) is 36.4 Å². The number of benzene rings is 2. The molecule has 1 amide bonds. The number of rotatable bonds is 6. The van der Waals surface area contributed by atoms with Gasteiger partial charge < -0.3 is 21.1 Å². The maximum absolute atomic E-state index is 11.0. The molecule has 0 saturated carbocycles. The molecule has 2 heterocycles. The molecule has 4 rings (SSSR count). The maximum Gasteiger partial charge on any atom is 0.216 e. The highest BCUT2D eigenvalue weighted by Gasteiger charge is 2.36. The molecule has 6 N–H and O–H groups in total. The van der Waals surface area contributed by atoms with E-state index in [0.717, 1.165) is 48.4 Å². The summed E-state index contributed by atoms with van der Waals surface area (Å²) in [6.07, 6.45) is 4.16. The van der Waals surface area contributed by atoms with Gasteiger partial charge in [-0.2, -0.15) is 0 Å². The van der Waals surface area contributed by atoms with Crippen molar-refractivity contribution in [3.05, 3.63) is 71.3 Å². The Balaban J connectivity index is 1.56. The first-order valence-corrected chi connectivity index (χ1v) is 10.9. The second-order valence-electron chi connectivity index (χ2n) is 8.18. The fourth-order valence-electron chi connectivity index (χ4n) is 4.12. The second-order valence-corrected chi connectivity index (χ2v) is 8.18. The van der Waals surface area contributed by atoms with E-state index in [1.165, 1.54) is 17.6 Å². The molecule has 0 radical (unpaired) electrons. The van der Waals surface area contributed by atoms with Crippen LogP contribution >= 0.6 is 0 Å². The van der Waals surface area contributed by atoms with Gasteiger partial charge in [0.15, 0.2) is 5.84 Å². The minimum Gasteiger partial charge on any atom is -0.482 e. The first kappa shape index (κ1) is 21.9. The zero-order chi connectivity index (χ0) is 22.6. The number of amides is 1. The van der Waals surface area contributed by atoms with E-state index in [0.29, 0.717) is 18.9 Å². The quantitative estimate of drug-likeness (QED) is 0.237. The molecule has 0 aromatic heterocycles. The van der Waals surface area contributed by atoms with Crippen LogP contribution in [0.4, 0.5) is 0 Å². The van der Waals surface area contributed by atoms with Crippen LogP contribution in [0.1, 0.15) is 36.5 Å². The third-order valence-corrected chi connectivity index (χ3v) is 5.79. The van der Waals surface area contributed by atoms with Gasteiger partial charge in [-0.15, -0.1) is 5.10 Å². The number of fused-ring (bicyclic) bond motifs is 1. The number of hydrazine groups is 1. The number of ether oxygens (including phenoxy) is 1. The molecular formula is C24H30N6O2. The highest BCUT2D eigenvalue weighted by molar-refractivity contribution is 5.98. The molecule has 2 aliphatic heterocycles. The van der Waals surface area contributed by atoms with Crippen LogP contribution in [-0.2, 0) is 4.79 Å². The molecule has 32 heavy (non-hydrogen) atoms. The average Bonchev–Trinajstić information content (AvgIpc) is 2.79. The highest BCUT2D eigenvalue weighted by atomic mass is 16.5. The number of carbonyl (C=O) groups excluding carboxylic acids is 1. The van der Waals surface area contributed by atoms with Crippen molar-refractivity contribution in [1.29, 1.82) is 0 Å². The van der Waals surface area contributed by atoms with Crippen LogP contribution in [0.2, 0.25) is 0 Å². The number of carbonyl (C=O) groups is 1. The Labute approximate surface area is 188 Å². The van der Waals surface area contributed by atoms with Crippen LogP contribution in [0.15, 0.2) is 59.7 Å². The predicted octanol–water partition coefficient (Wildman–Crippen LogP) is 1.57. The van der Waals surface area contributed by atoms with Crippen LogP contribution in [0.5, 0.6) is 5.75 Å². The van der Waals surface area contributed by atoms with E-state index < -0.39 is 0 Å². The standard InChI is InChI=1S/C24H30N6O2/c1-17(31)28-14-15-30(26)29-23(25)19-8-6-18(7-9-19)21-16-24(10-12-27-13-11-24)32-22-5-3-2-4-20(21)22/h2-9,16,27H,10-15,26H2,1H3,(H2,25,29)(H,28,31). The number of nitrogens with one attached hydrogen (secondary N) is 2. The summed E-state index contributed by atoms with van der Waals surface area (Å²) in [5.41, 5.74) is 10.0. The lowest BCUT2D eigenvalue weighted by Crippen LogP contribution is -2.46. The van der Waals surface area contributed by atoms with E-state index in [-0.39, 0.29) is 11.5 Å². The fraction of sp³-hybridized carbons (Fsp3) is 0.333. The van der Waals surface area contributed by atoms with E-state index in [1.807, 2.05) is 30.3 Å². The van der Waals surface area contributed by atoms with E-state index in [9.17, 15) is 4.79 Å². The zero-order valence-corrected chi connectivity index (χ0v) is 18.3. The van der Waals surface area contributed by atoms with E-state index in [2.05, 4.69) is 40.0 Å². The summed E-state index contributed by atoms with van der Waals surface area (Å²) in [7, 11) is 0. The summed E-state index contributed by atoms with van der Waals surface area (Å²) in [4.78, 5) is 11.0. The van der Waals surface area contributed by atoms with Crippen molar-refractivity contribution in [3.8, 4) is 5.75 Å². The molecule has 8 heteroatoms. The number of nitrogens with zero attached hydrogens (tertiary/aromatic N) is 2. The summed E-state index contributed by atoms with van der Waals surface area (Å²) in [5, 5.41) is 11.5. The molecule has 2 aliphatic rings. The number of amidine groups is 1. The number of hydrogen-bond donors (Lipinski definition) is 4. The van der Waals surface area contributed by atoms with Crippen molar-refractivity contribution in [1.82, 2.24) is 15.8 Å². The fourth-order valence-corrected chi connectivity index (χ4v) is 4.12. The van der Waals surface area contributed by atoms with Gasteiger partial charge in [0, 0.05) is 37.4 Å². The molecule has 8 nitrogen and oxygen atoms in total. The van der Waals surface area contributed by atoms with Crippen molar-refractivity contribution >= 4 is 17.3 Å².